The molecule has 1 saturated heterocycles. The number of likely N-dealkylation sites (N-methyl/N-ethyl adjacent to an activating group) is 1. The van der Waals surface area contributed by atoms with E-state index >= 15 is 0 Å². The molecule has 0 unspecified atom stereocenters. The molecule has 1 aliphatic heterocycles. The molecule has 0 saturated carbocycles. The zero-order valence-electron chi connectivity index (χ0n) is 16.5. The van der Waals surface area contributed by atoms with Gasteiger partial charge >= 0.3 is 0 Å². The van der Waals surface area contributed by atoms with Crippen LogP contribution >= 0.6 is 0 Å². The molecule has 0 bridgehead atoms. The van der Waals surface area contributed by atoms with Gasteiger partial charge in [-0.05, 0) is 54.2 Å². The molecule has 148 valence electrons. The summed E-state index contributed by atoms with van der Waals surface area (Å²) in [4.78, 5) is 16.7. The van der Waals surface area contributed by atoms with Crippen molar-refractivity contribution in [2.45, 2.75) is 25.8 Å². The predicted octanol–water partition coefficient (Wildman–Crippen LogP) is 3.05. The SMILES string of the molecule is CN(Cc1ccccc1N1CCOCC1)C(=O)COc1ccc2c(c1)CCC2. The van der Waals surface area contributed by atoms with Gasteiger partial charge in [0.05, 0.1) is 13.2 Å². The maximum Gasteiger partial charge on any atom is 0.260 e. The Balaban J connectivity index is 1.36. The lowest BCUT2D eigenvalue weighted by atomic mass is 10.1. The lowest BCUT2D eigenvalue weighted by Crippen LogP contribution is -2.37. The molecule has 28 heavy (non-hydrogen) atoms. The van der Waals surface area contributed by atoms with Crippen LogP contribution in [0.15, 0.2) is 42.5 Å². The molecule has 0 radical (unpaired) electrons. The lowest BCUT2D eigenvalue weighted by molar-refractivity contribution is -0.132. The van der Waals surface area contributed by atoms with Gasteiger partial charge < -0.3 is 19.3 Å². The number of para-hydroxylation sites is 1. The fraction of sp³-hybridized carbons (Fsp3) is 0.435. The summed E-state index contributed by atoms with van der Waals surface area (Å²) in [5, 5.41) is 0. The average Bonchev–Trinajstić information content (AvgIpc) is 3.21. The number of hydrogen-bond acceptors (Lipinski definition) is 4. The number of morpholine rings is 1. The molecule has 2 aromatic carbocycles. The van der Waals surface area contributed by atoms with E-state index in [2.05, 4.69) is 29.2 Å². The van der Waals surface area contributed by atoms with E-state index in [1.807, 2.05) is 25.2 Å². The Kier molecular flexibility index (Phi) is 5.81. The average molecular weight is 380 g/mol. The van der Waals surface area contributed by atoms with Crippen LogP contribution in [-0.2, 0) is 28.9 Å². The minimum Gasteiger partial charge on any atom is -0.484 e. The van der Waals surface area contributed by atoms with Gasteiger partial charge in [-0.15, -0.1) is 0 Å². The van der Waals surface area contributed by atoms with Crippen molar-refractivity contribution in [3.63, 3.8) is 0 Å². The van der Waals surface area contributed by atoms with Crippen molar-refractivity contribution in [1.29, 1.82) is 0 Å². The quantitative estimate of drug-likeness (QED) is 0.773. The van der Waals surface area contributed by atoms with Crippen LogP contribution in [0.1, 0.15) is 23.1 Å². The molecule has 1 fully saturated rings. The van der Waals surface area contributed by atoms with E-state index in [1.165, 1.54) is 23.2 Å². The van der Waals surface area contributed by atoms with Gasteiger partial charge in [0.15, 0.2) is 6.61 Å². The fourth-order valence-corrected chi connectivity index (χ4v) is 3.99. The maximum absolute atomic E-state index is 12.6. The molecule has 0 aromatic heterocycles. The number of aryl methyl sites for hydroxylation is 2. The van der Waals surface area contributed by atoms with Crippen molar-refractivity contribution in [2.75, 3.05) is 44.9 Å². The summed E-state index contributed by atoms with van der Waals surface area (Å²) in [5.74, 6) is 0.772. The normalized spacial score (nSPS) is 16.0. The monoisotopic (exact) mass is 380 g/mol. The van der Waals surface area contributed by atoms with Gasteiger partial charge in [0.2, 0.25) is 0 Å². The summed E-state index contributed by atoms with van der Waals surface area (Å²) in [6.07, 6.45) is 3.47. The van der Waals surface area contributed by atoms with E-state index in [4.69, 9.17) is 9.47 Å². The second kappa shape index (κ2) is 8.65. The number of hydrogen-bond donors (Lipinski definition) is 0. The lowest BCUT2D eigenvalue weighted by Gasteiger charge is -2.31. The van der Waals surface area contributed by atoms with Gasteiger partial charge in [-0.3, -0.25) is 4.79 Å². The standard InChI is InChI=1S/C23H28N2O3/c1-24(16-20-5-2-3-8-22(20)25-11-13-27-14-12-25)23(26)17-28-21-10-9-18-6-4-7-19(18)15-21/h2-3,5,8-10,15H,4,6-7,11-14,16-17H2,1H3. The van der Waals surface area contributed by atoms with E-state index in [-0.39, 0.29) is 12.5 Å². The fourth-order valence-electron chi connectivity index (χ4n) is 3.99. The Morgan fingerprint density at radius 3 is 2.75 bits per heavy atom. The third-order valence-electron chi connectivity index (χ3n) is 5.61. The Bertz CT molecular complexity index is 830. The first-order valence-corrected chi connectivity index (χ1v) is 10.1. The summed E-state index contributed by atoms with van der Waals surface area (Å²) in [6, 6.07) is 14.5. The summed E-state index contributed by atoms with van der Waals surface area (Å²) < 4.78 is 11.2. The number of rotatable bonds is 6. The molecule has 1 aliphatic carbocycles. The van der Waals surface area contributed by atoms with Crippen molar-refractivity contribution in [3.8, 4) is 5.75 Å². The first kappa shape index (κ1) is 18.8. The second-order valence-corrected chi connectivity index (χ2v) is 7.55. The number of fused-ring (bicyclic) bond motifs is 1. The van der Waals surface area contributed by atoms with Gasteiger partial charge in [-0.2, -0.15) is 0 Å². The minimum absolute atomic E-state index is 0.0164. The number of ether oxygens (including phenoxy) is 2. The molecule has 0 atom stereocenters. The van der Waals surface area contributed by atoms with Crippen molar-refractivity contribution in [1.82, 2.24) is 4.90 Å². The van der Waals surface area contributed by atoms with E-state index in [9.17, 15) is 4.79 Å². The third kappa shape index (κ3) is 4.30. The van der Waals surface area contributed by atoms with E-state index in [0.717, 1.165) is 50.5 Å². The number of benzene rings is 2. The zero-order chi connectivity index (χ0) is 19.3. The Morgan fingerprint density at radius 2 is 1.89 bits per heavy atom. The predicted molar refractivity (Wildman–Crippen MR) is 110 cm³/mol. The number of anilines is 1. The maximum atomic E-state index is 12.6. The minimum atomic E-state index is -0.0164. The summed E-state index contributed by atoms with van der Waals surface area (Å²) in [7, 11) is 1.84. The molecular formula is C23H28N2O3. The van der Waals surface area contributed by atoms with Crippen LogP contribution in [0.2, 0.25) is 0 Å². The van der Waals surface area contributed by atoms with E-state index < -0.39 is 0 Å². The van der Waals surface area contributed by atoms with Gasteiger partial charge in [0.25, 0.3) is 5.91 Å². The Labute approximate surface area is 166 Å². The van der Waals surface area contributed by atoms with Crippen LogP contribution in [0.4, 0.5) is 5.69 Å². The second-order valence-electron chi connectivity index (χ2n) is 7.55. The molecule has 2 aliphatic rings. The van der Waals surface area contributed by atoms with Crippen molar-refractivity contribution < 1.29 is 14.3 Å². The molecule has 5 nitrogen and oxygen atoms in total. The van der Waals surface area contributed by atoms with Crippen molar-refractivity contribution in [3.05, 3.63) is 59.2 Å². The first-order valence-electron chi connectivity index (χ1n) is 10.1. The van der Waals surface area contributed by atoms with Crippen molar-refractivity contribution in [2.24, 2.45) is 0 Å². The van der Waals surface area contributed by atoms with Crippen LogP contribution in [0.25, 0.3) is 0 Å². The van der Waals surface area contributed by atoms with Gasteiger partial charge in [-0.1, -0.05) is 24.3 Å². The van der Waals surface area contributed by atoms with E-state index in [1.54, 1.807) is 4.90 Å². The molecule has 0 spiro atoms. The van der Waals surface area contributed by atoms with Gasteiger partial charge in [0, 0.05) is 32.4 Å². The van der Waals surface area contributed by atoms with Crippen LogP contribution in [0.3, 0.4) is 0 Å². The Hall–Kier alpha value is -2.53. The van der Waals surface area contributed by atoms with E-state index in [0.29, 0.717) is 6.54 Å². The number of carbonyl (C=O) groups is 1. The molecule has 2 aromatic rings. The topological polar surface area (TPSA) is 42.0 Å². The summed E-state index contributed by atoms with van der Waals surface area (Å²) in [5.41, 5.74) is 5.11. The highest BCUT2D eigenvalue weighted by atomic mass is 16.5. The van der Waals surface area contributed by atoms with Crippen molar-refractivity contribution >= 4 is 11.6 Å². The number of nitrogens with zero attached hydrogens (tertiary/aromatic N) is 2. The largest absolute Gasteiger partial charge is 0.484 e. The summed E-state index contributed by atoms with van der Waals surface area (Å²) >= 11 is 0. The molecular weight excluding hydrogens is 352 g/mol. The summed E-state index contributed by atoms with van der Waals surface area (Å²) in [6.45, 7) is 3.90. The molecule has 1 amide bonds. The highest BCUT2D eigenvalue weighted by molar-refractivity contribution is 5.77. The third-order valence-corrected chi connectivity index (χ3v) is 5.61. The molecule has 5 heteroatoms. The Morgan fingerprint density at radius 1 is 1.11 bits per heavy atom. The molecule has 0 N–H and O–H groups in total. The zero-order valence-corrected chi connectivity index (χ0v) is 16.5. The molecule has 4 rings (SSSR count). The smallest absolute Gasteiger partial charge is 0.260 e. The number of carbonyl (C=O) groups excluding carboxylic acids is 1. The van der Waals surface area contributed by atoms with Crippen LogP contribution in [0.5, 0.6) is 5.75 Å². The van der Waals surface area contributed by atoms with Crippen LogP contribution < -0.4 is 9.64 Å². The van der Waals surface area contributed by atoms with Gasteiger partial charge in [0.1, 0.15) is 5.75 Å². The first-order chi connectivity index (χ1) is 13.7. The van der Waals surface area contributed by atoms with Gasteiger partial charge in [-0.25, -0.2) is 0 Å². The van der Waals surface area contributed by atoms with Crippen LogP contribution in [0, 0.1) is 0 Å². The highest BCUT2D eigenvalue weighted by Crippen LogP contribution is 2.26. The van der Waals surface area contributed by atoms with Crippen LogP contribution in [-0.4, -0.2) is 50.8 Å². The number of amides is 1. The highest BCUT2D eigenvalue weighted by Gasteiger charge is 2.18. The molecule has 1 heterocycles.